The van der Waals surface area contributed by atoms with E-state index in [4.69, 9.17) is 16.6 Å². The number of primary amides is 1. The van der Waals surface area contributed by atoms with Gasteiger partial charge in [-0.25, -0.2) is 4.79 Å². The Kier molecular flexibility index (Phi) is 6.10. The van der Waals surface area contributed by atoms with Crippen LogP contribution in [0.5, 0.6) is 0 Å². The lowest BCUT2D eigenvalue weighted by Crippen LogP contribution is -2.17. The predicted octanol–water partition coefficient (Wildman–Crippen LogP) is 2.12. The first-order chi connectivity index (χ1) is 10.0. The highest BCUT2D eigenvalue weighted by Gasteiger charge is 2.18. The maximum absolute atomic E-state index is 11.5. The highest BCUT2D eigenvalue weighted by atomic mass is 16.4. The van der Waals surface area contributed by atoms with Crippen molar-refractivity contribution in [1.82, 2.24) is 0 Å². The quantitative estimate of drug-likeness (QED) is 0.803. The van der Waals surface area contributed by atoms with Gasteiger partial charge in [-0.15, -0.1) is 0 Å². The smallest absolute Gasteiger partial charge is 0.336 e. The summed E-state index contributed by atoms with van der Waals surface area (Å²) < 4.78 is 0. The molecule has 0 bridgehead atoms. The molecule has 0 radical (unpaired) electrons. The molecule has 5 nitrogen and oxygen atoms in total. The molecule has 21 heavy (non-hydrogen) atoms. The predicted molar refractivity (Wildman–Crippen MR) is 82.1 cm³/mol. The number of nitrogens with two attached hydrogens (primary N) is 2. The first-order valence-corrected chi connectivity index (χ1v) is 6.44. The second kappa shape index (κ2) is 7.81. The molecule has 0 saturated carbocycles. The third-order valence-corrected chi connectivity index (χ3v) is 2.63. The molecule has 0 saturated heterocycles. The Hall–Kier alpha value is -2.66. The van der Waals surface area contributed by atoms with Gasteiger partial charge in [-0.1, -0.05) is 49.4 Å². The van der Waals surface area contributed by atoms with Crippen molar-refractivity contribution in [1.29, 1.82) is 0 Å². The van der Waals surface area contributed by atoms with Crippen LogP contribution in [0.2, 0.25) is 0 Å². The van der Waals surface area contributed by atoms with Crippen molar-refractivity contribution in [2.45, 2.75) is 6.92 Å². The van der Waals surface area contributed by atoms with Gasteiger partial charge in [0.05, 0.1) is 11.1 Å². The molecule has 0 heterocycles. The van der Waals surface area contributed by atoms with Gasteiger partial charge in [-0.2, -0.15) is 0 Å². The zero-order valence-corrected chi connectivity index (χ0v) is 11.7. The standard InChI is InChI=1S/C14H11NO3.C2H7N/c15-13(16)12-10(9-5-2-1-3-6-9)7-4-8-11(12)14(17)18;1-2-3/h1-8H,(H2,15,16)(H,17,18);2-3H2,1H3. The molecule has 5 heteroatoms. The molecule has 0 aliphatic heterocycles. The normalized spacial score (nSPS) is 9.43. The number of aromatic carboxylic acids is 1. The van der Waals surface area contributed by atoms with E-state index in [0.717, 1.165) is 12.1 Å². The van der Waals surface area contributed by atoms with Crippen LogP contribution in [0, 0.1) is 0 Å². The van der Waals surface area contributed by atoms with E-state index in [2.05, 4.69) is 0 Å². The van der Waals surface area contributed by atoms with Gasteiger partial charge in [0.1, 0.15) is 0 Å². The minimum absolute atomic E-state index is 0.0381. The average molecular weight is 286 g/mol. The van der Waals surface area contributed by atoms with Crippen LogP contribution in [-0.2, 0) is 0 Å². The maximum atomic E-state index is 11.5. The number of carboxylic acid groups (broad SMARTS) is 1. The summed E-state index contributed by atoms with van der Waals surface area (Å²) in [4.78, 5) is 22.6. The van der Waals surface area contributed by atoms with Crippen molar-refractivity contribution in [3.8, 4) is 11.1 Å². The van der Waals surface area contributed by atoms with Crippen LogP contribution in [0.25, 0.3) is 11.1 Å². The number of hydrogen-bond donors (Lipinski definition) is 3. The van der Waals surface area contributed by atoms with Gasteiger partial charge in [0.25, 0.3) is 0 Å². The summed E-state index contributed by atoms with van der Waals surface area (Å²) in [5.41, 5.74) is 11.4. The summed E-state index contributed by atoms with van der Waals surface area (Å²) in [5, 5.41) is 9.08. The van der Waals surface area contributed by atoms with Gasteiger partial charge in [0.15, 0.2) is 0 Å². The SMILES string of the molecule is CCN.NC(=O)c1c(C(=O)O)cccc1-c1ccccc1. The van der Waals surface area contributed by atoms with Crippen molar-refractivity contribution in [3.63, 3.8) is 0 Å². The number of benzene rings is 2. The van der Waals surface area contributed by atoms with Crippen LogP contribution < -0.4 is 11.5 Å². The molecular formula is C16H18N2O3. The Morgan fingerprint density at radius 2 is 1.62 bits per heavy atom. The van der Waals surface area contributed by atoms with E-state index in [1.165, 1.54) is 6.07 Å². The molecule has 0 unspecified atom stereocenters. The highest BCUT2D eigenvalue weighted by Crippen LogP contribution is 2.26. The monoisotopic (exact) mass is 286 g/mol. The number of carbonyl (C=O) groups is 2. The van der Waals surface area contributed by atoms with E-state index in [1.54, 1.807) is 24.3 Å². The van der Waals surface area contributed by atoms with Gasteiger partial charge in [-0.3, -0.25) is 4.79 Å². The first kappa shape index (κ1) is 16.4. The molecular weight excluding hydrogens is 268 g/mol. The lowest BCUT2D eigenvalue weighted by atomic mass is 9.95. The molecule has 0 atom stereocenters. The summed E-state index contributed by atoms with van der Waals surface area (Å²) in [6.07, 6.45) is 0. The van der Waals surface area contributed by atoms with Crippen LogP contribution in [0.15, 0.2) is 48.5 Å². The number of carboxylic acids is 1. The van der Waals surface area contributed by atoms with Crippen molar-refractivity contribution in [2.24, 2.45) is 11.5 Å². The van der Waals surface area contributed by atoms with E-state index in [9.17, 15) is 9.59 Å². The van der Waals surface area contributed by atoms with Gasteiger partial charge in [0.2, 0.25) is 5.91 Å². The van der Waals surface area contributed by atoms with Crippen LogP contribution in [0.1, 0.15) is 27.6 Å². The van der Waals surface area contributed by atoms with Crippen LogP contribution >= 0.6 is 0 Å². The van der Waals surface area contributed by atoms with Crippen molar-refractivity contribution in [2.75, 3.05) is 6.54 Å². The molecule has 0 aliphatic carbocycles. The highest BCUT2D eigenvalue weighted by molar-refractivity contribution is 6.08. The van der Waals surface area contributed by atoms with E-state index in [1.807, 2.05) is 25.1 Å². The van der Waals surface area contributed by atoms with Gasteiger partial charge in [0, 0.05) is 0 Å². The van der Waals surface area contributed by atoms with Gasteiger partial charge >= 0.3 is 5.97 Å². The summed E-state index contributed by atoms with van der Waals surface area (Å²) in [5.74, 6) is -1.91. The lowest BCUT2D eigenvalue weighted by Gasteiger charge is -2.09. The zero-order chi connectivity index (χ0) is 15.8. The summed E-state index contributed by atoms with van der Waals surface area (Å²) in [6, 6.07) is 13.7. The van der Waals surface area contributed by atoms with Crippen molar-refractivity contribution >= 4 is 11.9 Å². The molecule has 0 aliphatic rings. The van der Waals surface area contributed by atoms with E-state index >= 15 is 0 Å². The van der Waals surface area contributed by atoms with E-state index in [0.29, 0.717) is 5.56 Å². The number of carbonyl (C=O) groups excluding carboxylic acids is 1. The van der Waals surface area contributed by atoms with Crippen LogP contribution in [0.4, 0.5) is 0 Å². The Bertz CT molecular complexity index is 625. The fourth-order valence-corrected chi connectivity index (χ4v) is 1.85. The number of amides is 1. The first-order valence-electron chi connectivity index (χ1n) is 6.44. The Labute approximate surface area is 123 Å². The van der Waals surface area contributed by atoms with Gasteiger partial charge in [-0.05, 0) is 23.7 Å². The Morgan fingerprint density at radius 1 is 1.05 bits per heavy atom. The third-order valence-electron chi connectivity index (χ3n) is 2.63. The summed E-state index contributed by atoms with van der Waals surface area (Å²) in [6.45, 7) is 2.65. The second-order valence-corrected chi connectivity index (χ2v) is 4.17. The minimum atomic E-state index is -1.17. The molecule has 5 N–H and O–H groups in total. The Morgan fingerprint density at radius 3 is 2.10 bits per heavy atom. The molecule has 2 aromatic carbocycles. The molecule has 0 fully saturated rings. The topological polar surface area (TPSA) is 106 Å². The van der Waals surface area contributed by atoms with Crippen molar-refractivity contribution < 1.29 is 14.7 Å². The van der Waals surface area contributed by atoms with E-state index < -0.39 is 11.9 Å². The molecule has 110 valence electrons. The molecule has 0 aromatic heterocycles. The maximum Gasteiger partial charge on any atom is 0.336 e. The third kappa shape index (κ3) is 4.15. The van der Waals surface area contributed by atoms with Crippen molar-refractivity contribution in [3.05, 3.63) is 59.7 Å². The number of hydrogen-bond acceptors (Lipinski definition) is 3. The molecule has 2 aromatic rings. The largest absolute Gasteiger partial charge is 0.478 e. The van der Waals surface area contributed by atoms with Gasteiger partial charge < -0.3 is 16.6 Å². The van der Waals surface area contributed by atoms with Crippen LogP contribution in [-0.4, -0.2) is 23.5 Å². The zero-order valence-electron chi connectivity index (χ0n) is 11.7. The summed E-state index contributed by atoms with van der Waals surface area (Å²) in [7, 11) is 0. The lowest BCUT2D eigenvalue weighted by molar-refractivity contribution is 0.0692. The minimum Gasteiger partial charge on any atom is -0.478 e. The van der Waals surface area contributed by atoms with E-state index in [-0.39, 0.29) is 11.1 Å². The average Bonchev–Trinajstić information content (AvgIpc) is 2.48. The fraction of sp³-hybridized carbons (Fsp3) is 0.125. The Balaban J connectivity index is 0.000000677. The number of rotatable bonds is 3. The van der Waals surface area contributed by atoms with Crippen LogP contribution in [0.3, 0.4) is 0 Å². The molecule has 1 amide bonds. The summed E-state index contributed by atoms with van der Waals surface area (Å²) >= 11 is 0. The molecule has 2 rings (SSSR count). The molecule has 0 spiro atoms. The fourth-order valence-electron chi connectivity index (χ4n) is 1.85. The second-order valence-electron chi connectivity index (χ2n) is 4.17.